The summed E-state index contributed by atoms with van der Waals surface area (Å²) >= 11 is 6.09. The van der Waals surface area contributed by atoms with Crippen LogP contribution >= 0.6 is 11.6 Å². The molecule has 0 radical (unpaired) electrons. The fourth-order valence-corrected chi connectivity index (χ4v) is 3.34. The van der Waals surface area contributed by atoms with E-state index in [0.29, 0.717) is 47.9 Å². The van der Waals surface area contributed by atoms with Crippen LogP contribution in [-0.2, 0) is 16.1 Å². The van der Waals surface area contributed by atoms with Crippen LogP contribution in [0, 0.1) is 0 Å². The molecule has 1 aromatic heterocycles. The number of halogens is 1. The number of carbonyl (C=O) groups is 1. The van der Waals surface area contributed by atoms with Crippen molar-refractivity contribution in [2.24, 2.45) is 0 Å². The molecule has 0 bridgehead atoms. The van der Waals surface area contributed by atoms with E-state index >= 15 is 0 Å². The predicted octanol–water partition coefficient (Wildman–Crippen LogP) is 3.80. The number of amides is 1. The van der Waals surface area contributed by atoms with Crippen LogP contribution in [0.15, 0.2) is 23.0 Å². The standard InChI is InChI=1S/C20H28ClN3O3/c1-5-7-8-18(25)24(11-12-27-4)14(3)19-22-17-13-15(21)9-10-16(17)20(26)23(19)6-2/h9-10,13-14H,5-8,11-12H2,1-4H3. The van der Waals surface area contributed by atoms with Crippen molar-refractivity contribution in [2.75, 3.05) is 20.3 Å². The number of methoxy groups -OCH3 is 1. The summed E-state index contributed by atoms with van der Waals surface area (Å²) in [6.07, 6.45) is 2.25. The Bertz CT molecular complexity index is 850. The summed E-state index contributed by atoms with van der Waals surface area (Å²) in [6.45, 7) is 7.22. The van der Waals surface area contributed by atoms with Gasteiger partial charge in [-0.1, -0.05) is 24.9 Å². The molecule has 1 heterocycles. The van der Waals surface area contributed by atoms with E-state index in [1.54, 1.807) is 34.8 Å². The summed E-state index contributed by atoms with van der Waals surface area (Å²) in [5.41, 5.74) is 0.431. The monoisotopic (exact) mass is 393 g/mol. The van der Waals surface area contributed by atoms with E-state index in [2.05, 4.69) is 6.92 Å². The average molecular weight is 394 g/mol. The van der Waals surface area contributed by atoms with Gasteiger partial charge in [-0.25, -0.2) is 4.98 Å². The Morgan fingerprint density at radius 2 is 2.11 bits per heavy atom. The normalized spacial score (nSPS) is 12.3. The molecule has 0 aliphatic heterocycles. The first-order valence-electron chi connectivity index (χ1n) is 9.42. The van der Waals surface area contributed by atoms with Gasteiger partial charge in [0.1, 0.15) is 5.82 Å². The van der Waals surface area contributed by atoms with E-state index in [4.69, 9.17) is 21.3 Å². The van der Waals surface area contributed by atoms with Crippen LogP contribution in [0.4, 0.5) is 0 Å². The molecular weight excluding hydrogens is 366 g/mol. The zero-order valence-electron chi connectivity index (χ0n) is 16.5. The second kappa shape index (κ2) is 9.85. The fraction of sp³-hybridized carbons (Fsp3) is 0.550. The molecule has 27 heavy (non-hydrogen) atoms. The largest absolute Gasteiger partial charge is 0.383 e. The second-order valence-electron chi connectivity index (χ2n) is 6.54. The lowest BCUT2D eigenvalue weighted by Gasteiger charge is -2.30. The van der Waals surface area contributed by atoms with Gasteiger partial charge < -0.3 is 9.64 Å². The van der Waals surface area contributed by atoms with Gasteiger partial charge in [-0.3, -0.25) is 14.2 Å². The predicted molar refractivity (Wildman–Crippen MR) is 108 cm³/mol. The number of hydrogen-bond acceptors (Lipinski definition) is 4. The number of ether oxygens (including phenoxy) is 1. The molecule has 1 unspecified atom stereocenters. The molecule has 2 rings (SSSR count). The Balaban J connectivity index is 2.52. The number of benzene rings is 1. The van der Waals surface area contributed by atoms with Gasteiger partial charge in [0.2, 0.25) is 5.91 Å². The summed E-state index contributed by atoms with van der Waals surface area (Å²) in [5.74, 6) is 0.614. The number of carbonyl (C=O) groups excluding carboxylic acids is 1. The third kappa shape index (κ3) is 4.87. The summed E-state index contributed by atoms with van der Waals surface area (Å²) in [7, 11) is 1.61. The minimum Gasteiger partial charge on any atom is -0.383 e. The highest BCUT2D eigenvalue weighted by Gasteiger charge is 2.25. The van der Waals surface area contributed by atoms with Gasteiger partial charge in [0, 0.05) is 31.6 Å². The Morgan fingerprint density at radius 3 is 2.74 bits per heavy atom. The highest BCUT2D eigenvalue weighted by molar-refractivity contribution is 6.31. The Labute approximate surface area is 165 Å². The van der Waals surface area contributed by atoms with Crippen LogP contribution < -0.4 is 5.56 Å². The van der Waals surface area contributed by atoms with Crippen LogP contribution in [-0.4, -0.2) is 40.6 Å². The third-order valence-electron chi connectivity index (χ3n) is 4.71. The molecule has 0 N–H and O–H groups in total. The number of unbranched alkanes of at least 4 members (excludes halogenated alkanes) is 1. The highest BCUT2D eigenvalue weighted by atomic mass is 35.5. The van der Waals surface area contributed by atoms with E-state index < -0.39 is 0 Å². The molecule has 2 aromatic rings. The van der Waals surface area contributed by atoms with Crippen LogP contribution in [0.1, 0.15) is 51.9 Å². The lowest BCUT2D eigenvalue weighted by molar-refractivity contribution is -0.134. The van der Waals surface area contributed by atoms with E-state index in [1.807, 2.05) is 13.8 Å². The number of rotatable bonds is 9. The molecule has 7 heteroatoms. The number of fused-ring (bicyclic) bond motifs is 1. The van der Waals surface area contributed by atoms with Crippen molar-refractivity contribution in [3.63, 3.8) is 0 Å². The number of hydrogen-bond donors (Lipinski definition) is 0. The van der Waals surface area contributed by atoms with Gasteiger partial charge >= 0.3 is 0 Å². The Hall–Kier alpha value is -1.92. The van der Waals surface area contributed by atoms with Crippen LogP contribution in [0.5, 0.6) is 0 Å². The highest BCUT2D eigenvalue weighted by Crippen LogP contribution is 2.22. The number of nitrogens with zero attached hydrogens (tertiary/aromatic N) is 3. The maximum Gasteiger partial charge on any atom is 0.261 e. The zero-order chi connectivity index (χ0) is 20.0. The molecule has 148 valence electrons. The summed E-state index contributed by atoms with van der Waals surface area (Å²) in [4.78, 5) is 32.1. The van der Waals surface area contributed by atoms with Crippen molar-refractivity contribution >= 4 is 28.4 Å². The Kier molecular flexibility index (Phi) is 7.80. The molecular formula is C20H28ClN3O3. The SMILES string of the molecule is CCCCC(=O)N(CCOC)C(C)c1nc2cc(Cl)ccc2c(=O)n1CC. The first-order chi connectivity index (χ1) is 12.9. The minimum atomic E-state index is -0.347. The molecule has 1 atom stereocenters. The van der Waals surface area contributed by atoms with E-state index in [-0.39, 0.29) is 17.5 Å². The molecule has 1 aromatic carbocycles. The van der Waals surface area contributed by atoms with Gasteiger partial charge in [-0.05, 0) is 38.5 Å². The first-order valence-corrected chi connectivity index (χ1v) is 9.80. The molecule has 0 fully saturated rings. The fourth-order valence-electron chi connectivity index (χ4n) is 3.17. The Morgan fingerprint density at radius 1 is 1.37 bits per heavy atom. The molecule has 0 spiro atoms. The van der Waals surface area contributed by atoms with Crippen LogP contribution in [0.25, 0.3) is 10.9 Å². The minimum absolute atomic E-state index is 0.0458. The molecule has 1 amide bonds. The quantitative estimate of drug-likeness (QED) is 0.650. The molecule has 0 saturated heterocycles. The zero-order valence-corrected chi connectivity index (χ0v) is 17.3. The topological polar surface area (TPSA) is 64.4 Å². The molecule has 6 nitrogen and oxygen atoms in total. The van der Waals surface area contributed by atoms with Gasteiger partial charge in [-0.15, -0.1) is 0 Å². The van der Waals surface area contributed by atoms with Gasteiger partial charge in [0.15, 0.2) is 0 Å². The lowest BCUT2D eigenvalue weighted by Crippen LogP contribution is -2.39. The lowest BCUT2D eigenvalue weighted by atomic mass is 10.1. The number of aromatic nitrogens is 2. The summed E-state index contributed by atoms with van der Waals surface area (Å²) in [6, 6.07) is 4.73. The van der Waals surface area contributed by atoms with E-state index in [1.165, 1.54) is 0 Å². The molecule has 0 aliphatic rings. The van der Waals surface area contributed by atoms with Crippen molar-refractivity contribution in [1.82, 2.24) is 14.5 Å². The summed E-state index contributed by atoms with van der Waals surface area (Å²) in [5, 5.41) is 1.05. The van der Waals surface area contributed by atoms with Crippen molar-refractivity contribution in [2.45, 2.75) is 52.6 Å². The van der Waals surface area contributed by atoms with Gasteiger partial charge in [0.05, 0.1) is 23.6 Å². The second-order valence-corrected chi connectivity index (χ2v) is 6.98. The molecule has 0 aliphatic carbocycles. The van der Waals surface area contributed by atoms with E-state index in [9.17, 15) is 9.59 Å². The maximum absolute atomic E-state index is 12.9. The van der Waals surface area contributed by atoms with Gasteiger partial charge in [-0.2, -0.15) is 0 Å². The summed E-state index contributed by atoms with van der Waals surface area (Å²) < 4.78 is 6.81. The van der Waals surface area contributed by atoms with Crippen molar-refractivity contribution in [3.05, 3.63) is 39.4 Å². The van der Waals surface area contributed by atoms with Crippen molar-refractivity contribution < 1.29 is 9.53 Å². The average Bonchev–Trinajstić information content (AvgIpc) is 2.65. The van der Waals surface area contributed by atoms with Crippen LogP contribution in [0.2, 0.25) is 5.02 Å². The van der Waals surface area contributed by atoms with Crippen LogP contribution in [0.3, 0.4) is 0 Å². The van der Waals surface area contributed by atoms with E-state index in [0.717, 1.165) is 12.8 Å². The van der Waals surface area contributed by atoms with Gasteiger partial charge in [0.25, 0.3) is 5.56 Å². The first kappa shape index (κ1) is 21.4. The molecule has 0 saturated carbocycles. The maximum atomic E-state index is 12.9. The van der Waals surface area contributed by atoms with Crippen molar-refractivity contribution in [3.8, 4) is 0 Å². The smallest absolute Gasteiger partial charge is 0.261 e. The van der Waals surface area contributed by atoms with Crippen molar-refractivity contribution in [1.29, 1.82) is 0 Å². The third-order valence-corrected chi connectivity index (χ3v) is 4.94.